The summed E-state index contributed by atoms with van der Waals surface area (Å²) in [4.78, 5) is 2.66. The molecule has 0 radical (unpaired) electrons. The Balaban J connectivity index is 1.96. The normalized spacial score (nSPS) is 38.4. The number of ether oxygens (including phenoxy) is 1. The van der Waals surface area contributed by atoms with E-state index < -0.39 is 0 Å². The van der Waals surface area contributed by atoms with E-state index in [-0.39, 0.29) is 0 Å². The maximum Gasteiger partial charge on any atom is 0.0587 e. The molecule has 88 valence electrons. The minimum atomic E-state index is 0.486. The number of likely N-dealkylation sites (tertiary alicyclic amines) is 1. The first-order chi connectivity index (χ1) is 7.35. The molecule has 1 aliphatic heterocycles. The van der Waals surface area contributed by atoms with Crippen LogP contribution in [0.25, 0.3) is 0 Å². The van der Waals surface area contributed by atoms with Gasteiger partial charge in [-0.2, -0.15) is 0 Å². The van der Waals surface area contributed by atoms with Gasteiger partial charge in [-0.15, -0.1) is 0 Å². The highest BCUT2D eigenvalue weighted by atomic mass is 16.5. The van der Waals surface area contributed by atoms with E-state index in [1.54, 1.807) is 0 Å². The molecule has 1 saturated heterocycles. The number of likely N-dealkylation sites (N-methyl/N-ethyl adjacent to an activating group) is 1. The lowest BCUT2D eigenvalue weighted by atomic mass is 9.87. The molecule has 0 aromatic heterocycles. The minimum Gasteiger partial charge on any atom is -0.381 e. The number of methoxy groups -OCH3 is 1. The molecule has 2 fully saturated rings. The summed E-state index contributed by atoms with van der Waals surface area (Å²) < 4.78 is 5.52. The number of nitrogens with one attached hydrogen (secondary N) is 1. The first kappa shape index (κ1) is 11.4. The lowest BCUT2D eigenvalue weighted by molar-refractivity contribution is 0.0205. The van der Waals surface area contributed by atoms with E-state index in [2.05, 4.69) is 17.3 Å². The molecule has 2 rings (SSSR count). The second kappa shape index (κ2) is 5.28. The minimum absolute atomic E-state index is 0.486. The van der Waals surface area contributed by atoms with Crippen LogP contribution < -0.4 is 5.32 Å². The number of hydrogen-bond donors (Lipinski definition) is 1. The van der Waals surface area contributed by atoms with Crippen molar-refractivity contribution in [2.24, 2.45) is 0 Å². The Morgan fingerprint density at radius 2 is 1.93 bits per heavy atom. The van der Waals surface area contributed by atoms with Crippen LogP contribution in [0.1, 0.15) is 32.1 Å². The van der Waals surface area contributed by atoms with Gasteiger partial charge in [0.25, 0.3) is 0 Å². The molecule has 1 N–H and O–H groups in total. The predicted molar refractivity (Wildman–Crippen MR) is 62.1 cm³/mol. The molecule has 15 heavy (non-hydrogen) atoms. The average Bonchev–Trinajstić information content (AvgIpc) is 2.81. The van der Waals surface area contributed by atoms with Crippen molar-refractivity contribution in [3.05, 3.63) is 0 Å². The fourth-order valence-electron chi connectivity index (χ4n) is 3.14. The van der Waals surface area contributed by atoms with E-state index in [1.807, 2.05) is 7.11 Å². The predicted octanol–water partition coefficient (Wildman–Crippen LogP) is 1.24. The number of nitrogens with zero attached hydrogens (tertiary/aromatic N) is 1. The molecule has 0 unspecified atom stereocenters. The summed E-state index contributed by atoms with van der Waals surface area (Å²) in [6.45, 7) is 2.58. The largest absolute Gasteiger partial charge is 0.381 e. The Morgan fingerprint density at radius 1 is 1.20 bits per heavy atom. The molecule has 0 aromatic carbocycles. The summed E-state index contributed by atoms with van der Waals surface area (Å²) in [5, 5.41) is 3.48. The summed E-state index contributed by atoms with van der Waals surface area (Å²) in [6, 6.07) is 1.38. The van der Waals surface area contributed by atoms with Gasteiger partial charge in [-0.1, -0.05) is 0 Å². The zero-order valence-corrected chi connectivity index (χ0v) is 10.0. The summed E-state index contributed by atoms with van der Waals surface area (Å²) in [5.74, 6) is 0. The molecule has 2 aliphatic rings. The lowest BCUT2D eigenvalue weighted by Crippen LogP contribution is -2.52. The molecule has 1 aliphatic carbocycles. The fourth-order valence-corrected chi connectivity index (χ4v) is 3.14. The summed E-state index contributed by atoms with van der Waals surface area (Å²) in [7, 11) is 3.95. The van der Waals surface area contributed by atoms with Crippen molar-refractivity contribution in [2.75, 3.05) is 27.2 Å². The molecule has 0 bridgehead atoms. The van der Waals surface area contributed by atoms with Gasteiger partial charge in [-0.05, 0) is 52.2 Å². The summed E-state index contributed by atoms with van der Waals surface area (Å²) in [5.41, 5.74) is 0. The van der Waals surface area contributed by atoms with Crippen LogP contribution in [0, 0.1) is 0 Å². The maximum absolute atomic E-state index is 5.52. The molecule has 1 saturated carbocycles. The van der Waals surface area contributed by atoms with Gasteiger partial charge in [-0.3, -0.25) is 4.90 Å². The summed E-state index contributed by atoms with van der Waals surface area (Å²) in [6.07, 6.45) is 6.93. The van der Waals surface area contributed by atoms with Crippen LogP contribution >= 0.6 is 0 Å². The third kappa shape index (κ3) is 2.52. The highest BCUT2D eigenvalue weighted by Gasteiger charge is 2.34. The van der Waals surface area contributed by atoms with E-state index in [4.69, 9.17) is 4.74 Å². The van der Waals surface area contributed by atoms with Gasteiger partial charge in [0.05, 0.1) is 6.10 Å². The van der Waals surface area contributed by atoms with Gasteiger partial charge < -0.3 is 10.1 Å². The molecule has 0 spiro atoms. The number of hydrogen-bond acceptors (Lipinski definition) is 3. The number of rotatable bonds is 3. The Morgan fingerprint density at radius 3 is 2.53 bits per heavy atom. The Bertz CT molecular complexity index is 190. The third-order valence-corrected chi connectivity index (χ3v) is 4.08. The molecule has 3 heteroatoms. The molecule has 3 nitrogen and oxygen atoms in total. The van der Waals surface area contributed by atoms with Crippen molar-refractivity contribution in [3.8, 4) is 0 Å². The zero-order chi connectivity index (χ0) is 10.7. The fraction of sp³-hybridized carbons (Fsp3) is 1.00. The average molecular weight is 212 g/mol. The molecule has 3 atom stereocenters. The highest BCUT2D eigenvalue weighted by Crippen LogP contribution is 2.27. The first-order valence-corrected chi connectivity index (χ1v) is 6.29. The quantitative estimate of drug-likeness (QED) is 0.762. The molecule has 1 heterocycles. The highest BCUT2D eigenvalue weighted by molar-refractivity contribution is 4.92. The molecular formula is C12H24N2O. The zero-order valence-electron chi connectivity index (χ0n) is 10.0. The maximum atomic E-state index is 5.52. The Labute approximate surface area is 93.2 Å². The topological polar surface area (TPSA) is 24.5 Å². The van der Waals surface area contributed by atoms with Crippen molar-refractivity contribution >= 4 is 0 Å². The van der Waals surface area contributed by atoms with Crippen LogP contribution in [0.3, 0.4) is 0 Å². The van der Waals surface area contributed by atoms with Crippen molar-refractivity contribution < 1.29 is 4.74 Å². The second-order valence-electron chi connectivity index (χ2n) is 4.88. The summed E-state index contributed by atoms with van der Waals surface area (Å²) >= 11 is 0. The van der Waals surface area contributed by atoms with E-state index >= 15 is 0 Å². The van der Waals surface area contributed by atoms with Gasteiger partial charge in [-0.25, -0.2) is 0 Å². The molecule has 0 amide bonds. The van der Waals surface area contributed by atoms with Crippen molar-refractivity contribution in [3.63, 3.8) is 0 Å². The second-order valence-corrected chi connectivity index (χ2v) is 4.88. The van der Waals surface area contributed by atoms with Crippen LogP contribution in [0.2, 0.25) is 0 Å². The third-order valence-electron chi connectivity index (χ3n) is 4.08. The van der Waals surface area contributed by atoms with Crippen molar-refractivity contribution in [1.29, 1.82) is 0 Å². The van der Waals surface area contributed by atoms with Crippen LogP contribution in [-0.4, -0.2) is 50.3 Å². The van der Waals surface area contributed by atoms with E-state index in [1.165, 1.54) is 45.2 Å². The van der Waals surface area contributed by atoms with Crippen LogP contribution in [0.4, 0.5) is 0 Å². The van der Waals surface area contributed by atoms with Crippen LogP contribution in [-0.2, 0) is 4.74 Å². The first-order valence-electron chi connectivity index (χ1n) is 6.29. The van der Waals surface area contributed by atoms with E-state index in [9.17, 15) is 0 Å². The molecular weight excluding hydrogens is 188 g/mol. The van der Waals surface area contributed by atoms with Crippen LogP contribution in [0.5, 0.6) is 0 Å². The van der Waals surface area contributed by atoms with Crippen LogP contribution in [0.15, 0.2) is 0 Å². The van der Waals surface area contributed by atoms with Gasteiger partial charge in [0.2, 0.25) is 0 Å². The van der Waals surface area contributed by atoms with Gasteiger partial charge in [0, 0.05) is 19.2 Å². The van der Waals surface area contributed by atoms with E-state index in [0.717, 1.165) is 0 Å². The van der Waals surface area contributed by atoms with E-state index in [0.29, 0.717) is 18.2 Å². The lowest BCUT2D eigenvalue weighted by Gasteiger charge is -2.40. The monoisotopic (exact) mass is 212 g/mol. The van der Waals surface area contributed by atoms with Gasteiger partial charge in [0.1, 0.15) is 0 Å². The standard InChI is InChI=1S/C12H24N2O/c1-13-11-6-5-10(15-2)9-12(11)14-7-3-4-8-14/h10-13H,3-9H2,1-2H3/t10-,11+,12-/m1/s1. The Kier molecular flexibility index (Phi) is 4.00. The van der Waals surface area contributed by atoms with Crippen molar-refractivity contribution in [1.82, 2.24) is 10.2 Å². The SMILES string of the molecule is CN[C@H]1CC[C@@H](OC)C[C@H]1N1CCCC1. The van der Waals surface area contributed by atoms with Crippen molar-refractivity contribution in [2.45, 2.75) is 50.3 Å². The Hall–Kier alpha value is -0.120. The smallest absolute Gasteiger partial charge is 0.0587 e. The molecule has 0 aromatic rings. The van der Waals surface area contributed by atoms with Gasteiger partial charge in [0.15, 0.2) is 0 Å². The van der Waals surface area contributed by atoms with Gasteiger partial charge >= 0.3 is 0 Å².